The van der Waals surface area contributed by atoms with E-state index in [4.69, 9.17) is 11.6 Å². The van der Waals surface area contributed by atoms with E-state index in [9.17, 15) is 10.1 Å². The van der Waals surface area contributed by atoms with Crippen molar-refractivity contribution in [1.82, 2.24) is 5.32 Å². The molecule has 19 heavy (non-hydrogen) atoms. The zero-order chi connectivity index (χ0) is 13.7. The number of benzene rings is 2. The first-order chi connectivity index (χ1) is 9.16. The lowest BCUT2D eigenvalue weighted by atomic mass is 10.2. The number of nitro groups is 1. The smallest absolute Gasteiger partial charge is 0.269 e. The molecule has 0 fully saturated rings. The summed E-state index contributed by atoms with van der Waals surface area (Å²) in [6.07, 6.45) is 0. The van der Waals surface area contributed by atoms with Crippen LogP contribution in [0.5, 0.6) is 0 Å². The molecular formula is C14H13ClN2O2. The number of hydrogen-bond donors (Lipinski definition) is 1. The molecule has 0 amide bonds. The van der Waals surface area contributed by atoms with Crippen LogP contribution in [0.15, 0.2) is 48.5 Å². The molecule has 0 aliphatic carbocycles. The predicted octanol–water partition coefficient (Wildman–Crippen LogP) is 3.54. The van der Waals surface area contributed by atoms with Crippen molar-refractivity contribution in [2.75, 3.05) is 0 Å². The molecule has 0 heterocycles. The minimum atomic E-state index is -0.391. The highest BCUT2D eigenvalue weighted by Gasteiger charge is 2.05. The monoisotopic (exact) mass is 276 g/mol. The van der Waals surface area contributed by atoms with Gasteiger partial charge in [0.15, 0.2) is 0 Å². The molecule has 2 rings (SSSR count). The van der Waals surface area contributed by atoms with Gasteiger partial charge in [-0.2, -0.15) is 0 Å². The summed E-state index contributed by atoms with van der Waals surface area (Å²) in [6, 6.07) is 14.2. The SMILES string of the molecule is O=[N+]([O-])c1cccc(CNCc2ccccc2Cl)c1. The molecule has 2 aromatic rings. The Balaban J connectivity index is 1.94. The van der Waals surface area contributed by atoms with Crippen LogP contribution in [0.3, 0.4) is 0 Å². The lowest BCUT2D eigenvalue weighted by molar-refractivity contribution is -0.384. The highest BCUT2D eigenvalue weighted by Crippen LogP contribution is 2.15. The van der Waals surface area contributed by atoms with Gasteiger partial charge < -0.3 is 5.32 Å². The maximum Gasteiger partial charge on any atom is 0.269 e. The Hall–Kier alpha value is -1.91. The van der Waals surface area contributed by atoms with E-state index in [-0.39, 0.29) is 5.69 Å². The number of rotatable bonds is 5. The quantitative estimate of drug-likeness (QED) is 0.671. The van der Waals surface area contributed by atoms with Gasteiger partial charge in [0.1, 0.15) is 0 Å². The van der Waals surface area contributed by atoms with Gasteiger partial charge in [-0.1, -0.05) is 41.9 Å². The Kier molecular flexibility index (Phi) is 4.49. The number of hydrogen-bond acceptors (Lipinski definition) is 3. The molecule has 0 aliphatic rings. The van der Waals surface area contributed by atoms with Crippen LogP contribution < -0.4 is 5.32 Å². The Bertz CT molecular complexity index is 587. The number of nitrogens with one attached hydrogen (secondary N) is 1. The van der Waals surface area contributed by atoms with Crippen LogP contribution in [0.4, 0.5) is 5.69 Å². The fraction of sp³-hybridized carbons (Fsp3) is 0.143. The molecule has 0 saturated heterocycles. The van der Waals surface area contributed by atoms with Crippen molar-refractivity contribution in [2.45, 2.75) is 13.1 Å². The molecule has 0 saturated carbocycles. The van der Waals surface area contributed by atoms with E-state index in [0.717, 1.165) is 11.1 Å². The number of nitrogens with zero attached hydrogens (tertiary/aromatic N) is 1. The van der Waals surface area contributed by atoms with Crippen LogP contribution in [-0.2, 0) is 13.1 Å². The average Bonchev–Trinajstić information content (AvgIpc) is 2.41. The van der Waals surface area contributed by atoms with Crippen molar-refractivity contribution in [3.63, 3.8) is 0 Å². The van der Waals surface area contributed by atoms with Crippen molar-refractivity contribution in [3.8, 4) is 0 Å². The number of nitro benzene ring substituents is 1. The van der Waals surface area contributed by atoms with Crippen molar-refractivity contribution < 1.29 is 4.92 Å². The zero-order valence-electron chi connectivity index (χ0n) is 10.2. The maximum atomic E-state index is 10.7. The maximum absolute atomic E-state index is 10.7. The van der Waals surface area contributed by atoms with Gasteiger partial charge in [0, 0.05) is 30.2 Å². The lowest BCUT2D eigenvalue weighted by Gasteiger charge is -2.06. The van der Waals surface area contributed by atoms with Crippen LogP contribution in [0.2, 0.25) is 5.02 Å². The normalized spacial score (nSPS) is 10.4. The Morgan fingerprint density at radius 1 is 1.11 bits per heavy atom. The number of non-ortho nitro benzene ring substituents is 1. The fourth-order valence-electron chi connectivity index (χ4n) is 1.76. The standard InChI is InChI=1S/C14H13ClN2O2/c15-14-7-2-1-5-12(14)10-16-9-11-4-3-6-13(8-11)17(18)19/h1-8,16H,9-10H2. The molecule has 2 aromatic carbocycles. The van der Waals surface area contributed by atoms with E-state index >= 15 is 0 Å². The average molecular weight is 277 g/mol. The van der Waals surface area contributed by atoms with E-state index in [1.165, 1.54) is 6.07 Å². The van der Waals surface area contributed by atoms with Gasteiger partial charge in [0.2, 0.25) is 0 Å². The van der Waals surface area contributed by atoms with Crippen molar-refractivity contribution in [3.05, 3.63) is 74.8 Å². The largest absolute Gasteiger partial charge is 0.309 e. The highest BCUT2D eigenvalue weighted by molar-refractivity contribution is 6.31. The van der Waals surface area contributed by atoms with Gasteiger partial charge in [-0.3, -0.25) is 10.1 Å². The molecule has 0 aliphatic heterocycles. The summed E-state index contributed by atoms with van der Waals surface area (Å²) < 4.78 is 0. The summed E-state index contributed by atoms with van der Waals surface area (Å²) in [4.78, 5) is 10.3. The molecule has 0 spiro atoms. The first-order valence-corrected chi connectivity index (χ1v) is 6.22. The molecular weight excluding hydrogens is 264 g/mol. The second-order valence-electron chi connectivity index (χ2n) is 4.12. The third-order valence-corrected chi connectivity index (χ3v) is 3.09. The van der Waals surface area contributed by atoms with Gasteiger partial charge in [-0.05, 0) is 17.2 Å². The van der Waals surface area contributed by atoms with E-state index in [1.807, 2.05) is 30.3 Å². The van der Waals surface area contributed by atoms with Crippen LogP contribution in [-0.4, -0.2) is 4.92 Å². The lowest BCUT2D eigenvalue weighted by Crippen LogP contribution is -2.13. The molecule has 1 N–H and O–H groups in total. The van der Waals surface area contributed by atoms with Crippen molar-refractivity contribution in [2.24, 2.45) is 0 Å². The van der Waals surface area contributed by atoms with E-state index in [0.29, 0.717) is 18.1 Å². The Morgan fingerprint density at radius 2 is 1.89 bits per heavy atom. The second kappa shape index (κ2) is 6.31. The fourth-order valence-corrected chi connectivity index (χ4v) is 1.97. The van der Waals surface area contributed by atoms with Crippen LogP contribution in [0.1, 0.15) is 11.1 Å². The topological polar surface area (TPSA) is 55.2 Å². The van der Waals surface area contributed by atoms with Crippen LogP contribution >= 0.6 is 11.6 Å². The molecule has 0 unspecified atom stereocenters. The molecule has 0 aromatic heterocycles. The van der Waals surface area contributed by atoms with Crippen molar-refractivity contribution >= 4 is 17.3 Å². The minimum absolute atomic E-state index is 0.108. The second-order valence-corrected chi connectivity index (χ2v) is 4.53. The van der Waals surface area contributed by atoms with Gasteiger partial charge in [-0.15, -0.1) is 0 Å². The zero-order valence-corrected chi connectivity index (χ0v) is 10.9. The molecule has 0 atom stereocenters. The minimum Gasteiger partial charge on any atom is -0.309 e. The first-order valence-electron chi connectivity index (χ1n) is 5.84. The molecule has 0 radical (unpaired) electrons. The number of halogens is 1. The van der Waals surface area contributed by atoms with E-state index < -0.39 is 4.92 Å². The predicted molar refractivity (Wildman–Crippen MR) is 75.1 cm³/mol. The summed E-state index contributed by atoms with van der Waals surface area (Å²) in [5.41, 5.74) is 1.99. The van der Waals surface area contributed by atoms with Gasteiger partial charge >= 0.3 is 0 Å². The van der Waals surface area contributed by atoms with E-state index in [2.05, 4.69) is 5.32 Å². The van der Waals surface area contributed by atoms with Crippen LogP contribution in [0, 0.1) is 10.1 Å². The van der Waals surface area contributed by atoms with Gasteiger partial charge in [0.25, 0.3) is 5.69 Å². The Morgan fingerprint density at radius 3 is 2.63 bits per heavy atom. The van der Waals surface area contributed by atoms with E-state index in [1.54, 1.807) is 12.1 Å². The third-order valence-electron chi connectivity index (χ3n) is 2.72. The third kappa shape index (κ3) is 3.77. The highest BCUT2D eigenvalue weighted by atomic mass is 35.5. The summed E-state index contributed by atoms with van der Waals surface area (Å²) in [5, 5.41) is 14.6. The van der Waals surface area contributed by atoms with Gasteiger partial charge in [0.05, 0.1) is 4.92 Å². The van der Waals surface area contributed by atoms with Crippen molar-refractivity contribution in [1.29, 1.82) is 0 Å². The molecule has 5 heteroatoms. The summed E-state index contributed by atoms with van der Waals surface area (Å²) in [7, 11) is 0. The van der Waals surface area contributed by atoms with Crippen LogP contribution in [0.25, 0.3) is 0 Å². The molecule has 98 valence electrons. The summed E-state index contributed by atoms with van der Waals surface area (Å²) in [5.74, 6) is 0. The Labute approximate surface area is 116 Å². The van der Waals surface area contributed by atoms with Gasteiger partial charge in [-0.25, -0.2) is 0 Å². The molecule has 4 nitrogen and oxygen atoms in total. The molecule has 0 bridgehead atoms. The first kappa shape index (κ1) is 13.5. The summed E-state index contributed by atoms with van der Waals surface area (Å²) >= 11 is 6.04. The summed E-state index contributed by atoms with van der Waals surface area (Å²) in [6.45, 7) is 1.19.